The van der Waals surface area contributed by atoms with E-state index in [2.05, 4.69) is 5.32 Å². The van der Waals surface area contributed by atoms with Crippen molar-refractivity contribution in [1.82, 2.24) is 10.2 Å². The number of amides is 2. The number of nitrogens with one attached hydrogen (secondary N) is 1. The zero-order valence-corrected chi connectivity index (χ0v) is 12.9. The van der Waals surface area contributed by atoms with Crippen LogP contribution in [0.4, 0.5) is 0 Å². The van der Waals surface area contributed by atoms with Gasteiger partial charge in [-0.05, 0) is 19.3 Å². The van der Waals surface area contributed by atoms with E-state index in [0.29, 0.717) is 12.3 Å². The Morgan fingerprint density at radius 1 is 1.26 bits per heavy atom. The first-order valence-electron chi connectivity index (χ1n) is 6.99. The molecule has 1 aliphatic rings. The smallest absolute Gasteiger partial charge is 0.225 e. The average Bonchev–Trinajstić information content (AvgIpc) is 2.35. The largest absolute Gasteiger partial charge is 0.353 e. The highest BCUT2D eigenvalue weighted by Crippen LogP contribution is 2.17. The molecule has 2 amide bonds. The Morgan fingerprint density at radius 3 is 2.32 bits per heavy atom. The zero-order chi connectivity index (χ0) is 14.5. The van der Waals surface area contributed by atoms with Gasteiger partial charge in [-0.25, -0.2) is 0 Å². The van der Waals surface area contributed by atoms with Crippen LogP contribution in [0, 0.1) is 5.41 Å². The standard InChI is InChI=1S/C14H25ClN2O2/c1-14(2,3)13(19)16-11-6-9-17(10-7-11)12(18)5-4-8-15/h11H,4-10H2,1-3H3,(H,16,19). The Balaban J connectivity index is 2.33. The van der Waals surface area contributed by atoms with Gasteiger partial charge < -0.3 is 10.2 Å². The van der Waals surface area contributed by atoms with Gasteiger partial charge in [0.05, 0.1) is 0 Å². The van der Waals surface area contributed by atoms with Crippen LogP contribution < -0.4 is 5.32 Å². The third-order valence-corrected chi connectivity index (χ3v) is 3.66. The molecule has 0 aromatic carbocycles. The normalized spacial score (nSPS) is 17.4. The molecule has 19 heavy (non-hydrogen) atoms. The summed E-state index contributed by atoms with van der Waals surface area (Å²) in [6.07, 6.45) is 2.95. The van der Waals surface area contributed by atoms with E-state index in [1.807, 2.05) is 25.7 Å². The summed E-state index contributed by atoms with van der Waals surface area (Å²) in [5, 5.41) is 3.06. The lowest BCUT2D eigenvalue weighted by molar-refractivity contribution is -0.133. The molecule has 0 atom stereocenters. The number of likely N-dealkylation sites (tertiary alicyclic amines) is 1. The molecule has 1 fully saturated rings. The fourth-order valence-electron chi connectivity index (χ4n) is 2.05. The molecule has 0 aromatic rings. The molecule has 0 spiro atoms. The lowest BCUT2D eigenvalue weighted by atomic mass is 9.94. The van der Waals surface area contributed by atoms with Crippen molar-refractivity contribution >= 4 is 23.4 Å². The van der Waals surface area contributed by atoms with Crippen molar-refractivity contribution in [3.63, 3.8) is 0 Å². The van der Waals surface area contributed by atoms with Gasteiger partial charge in [0, 0.05) is 36.8 Å². The number of halogens is 1. The summed E-state index contributed by atoms with van der Waals surface area (Å²) >= 11 is 5.59. The second-order valence-corrected chi connectivity index (χ2v) is 6.55. The Morgan fingerprint density at radius 2 is 1.84 bits per heavy atom. The van der Waals surface area contributed by atoms with Crippen molar-refractivity contribution < 1.29 is 9.59 Å². The van der Waals surface area contributed by atoms with Crippen LogP contribution in [0.1, 0.15) is 46.5 Å². The number of carbonyl (C=O) groups is 2. The van der Waals surface area contributed by atoms with Gasteiger partial charge in [0.15, 0.2) is 0 Å². The molecule has 0 aromatic heterocycles. The van der Waals surface area contributed by atoms with E-state index in [1.54, 1.807) is 0 Å². The van der Waals surface area contributed by atoms with Crippen LogP contribution in [0.5, 0.6) is 0 Å². The monoisotopic (exact) mass is 288 g/mol. The Hall–Kier alpha value is -0.770. The average molecular weight is 289 g/mol. The number of nitrogens with zero attached hydrogens (tertiary/aromatic N) is 1. The van der Waals surface area contributed by atoms with E-state index in [0.717, 1.165) is 32.4 Å². The summed E-state index contributed by atoms with van der Waals surface area (Å²) in [6, 6.07) is 0.198. The molecular weight excluding hydrogens is 264 g/mol. The number of hydrogen-bond acceptors (Lipinski definition) is 2. The van der Waals surface area contributed by atoms with E-state index in [9.17, 15) is 9.59 Å². The maximum absolute atomic E-state index is 11.9. The summed E-state index contributed by atoms with van der Waals surface area (Å²) in [5.74, 6) is 0.796. The Kier molecular flexibility index (Phi) is 6.11. The van der Waals surface area contributed by atoms with Crippen LogP contribution >= 0.6 is 11.6 Å². The first kappa shape index (κ1) is 16.3. The highest BCUT2D eigenvalue weighted by Gasteiger charge is 2.27. The summed E-state index contributed by atoms with van der Waals surface area (Å²) in [7, 11) is 0. The van der Waals surface area contributed by atoms with E-state index in [1.165, 1.54) is 0 Å². The lowest BCUT2D eigenvalue weighted by Crippen LogP contribution is -2.48. The molecule has 0 aliphatic carbocycles. The molecule has 110 valence electrons. The minimum absolute atomic E-state index is 0.0828. The maximum atomic E-state index is 11.9. The van der Waals surface area contributed by atoms with Crippen molar-refractivity contribution in [3.8, 4) is 0 Å². The number of alkyl halides is 1. The number of piperidine rings is 1. The number of hydrogen-bond donors (Lipinski definition) is 1. The van der Waals surface area contributed by atoms with Gasteiger partial charge in [0.2, 0.25) is 11.8 Å². The first-order chi connectivity index (χ1) is 8.84. The predicted molar refractivity (Wildman–Crippen MR) is 77.2 cm³/mol. The maximum Gasteiger partial charge on any atom is 0.225 e. The van der Waals surface area contributed by atoms with Gasteiger partial charge in [0.25, 0.3) is 0 Å². The molecule has 1 aliphatic heterocycles. The number of rotatable bonds is 4. The first-order valence-corrected chi connectivity index (χ1v) is 7.52. The molecule has 0 unspecified atom stereocenters. The van der Waals surface area contributed by atoms with Gasteiger partial charge in [-0.15, -0.1) is 11.6 Å². The fraction of sp³-hybridized carbons (Fsp3) is 0.857. The van der Waals surface area contributed by atoms with Crippen LogP contribution in [0.2, 0.25) is 0 Å². The minimum Gasteiger partial charge on any atom is -0.353 e. The van der Waals surface area contributed by atoms with Crippen LogP contribution in [0.15, 0.2) is 0 Å². The topological polar surface area (TPSA) is 49.4 Å². The Bertz CT molecular complexity index is 318. The summed E-state index contributed by atoms with van der Waals surface area (Å²) in [4.78, 5) is 25.6. The summed E-state index contributed by atoms with van der Waals surface area (Å²) in [6.45, 7) is 7.19. The van der Waals surface area contributed by atoms with E-state index in [4.69, 9.17) is 11.6 Å². The van der Waals surface area contributed by atoms with Gasteiger partial charge in [0.1, 0.15) is 0 Å². The van der Waals surface area contributed by atoms with E-state index >= 15 is 0 Å². The van der Waals surface area contributed by atoms with Crippen molar-refractivity contribution in [1.29, 1.82) is 0 Å². The molecular formula is C14H25ClN2O2. The number of carbonyl (C=O) groups excluding carboxylic acids is 2. The van der Waals surface area contributed by atoms with E-state index < -0.39 is 0 Å². The van der Waals surface area contributed by atoms with Gasteiger partial charge >= 0.3 is 0 Å². The molecule has 0 radical (unpaired) electrons. The molecule has 4 nitrogen and oxygen atoms in total. The van der Waals surface area contributed by atoms with Crippen molar-refractivity contribution in [3.05, 3.63) is 0 Å². The van der Waals surface area contributed by atoms with Crippen molar-refractivity contribution in [2.45, 2.75) is 52.5 Å². The van der Waals surface area contributed by atoms with Crippen LogP contribution in [0.3, 0.4) is 0 Å². The van der Waals surface area contributed by atoms with Crippen molar-refractivity contribution in [2.75, 3.05) is 19.0 Å². The van der Waals surface area contributed by atoms with Gasteiger partial charge in [-0.2, -0.15) is 0 Å². The summed E-state index contributed by atoms with van der Waals surface area (Å²) < 4.78 is 0. The highest BCUT2D eigenvalue weighted by atomic mass is 35.5. The molecule has 5 heteroatoms. The molecule has 1 N–H and O–H groups in total. The van der Waals surface area contributed by atoms with Gasteiger partial charge in [-0.1, -0.05) is 20.8 Å². The zero-order valence-electron chi connectivity index (χ0n) is 12.2. The quantitative estimate of drug-likeness (QED) is 0.806. The summed E-state index contributed by atoms with van der Waals surface area (Å²) in [5.41, 5.74) is -0.354. The van der Waals surface area contributed by atoms with Crippen LogP contribution in [-0.4, -0.2) is 41.7 Å². The lowest BCUT2D eigenvalue weighted by Gasteiger charge is -2.33. The molecule has 1 heterocycles. The molecule has 1 saturated heterocycles. The van der Waals surface area contributed by atoms with Crippen LogP contribution in [0.25, 0.3) is 0 Å². The fourth-order valence-corrected chi connectivity index (χ4v) is 2.18. The molecule has 0 saturated carbocycles. The second kappa shape index (κ2) is 7.13. The van der Waals surface area contributed by atoms with Gasteiger partial charge in [-0.3, -0.25) is 9.59 Å². The molecule has 1 rings (SSSR count). The Labute approximate surface area is 120 Å². The second-order valence-electron chi connectivity index (χ2n) is 6.17. The minimum atomic E-state index is -0.354. The predicted octanol–water partition coefficient (Wildman–Crippen LogP) is 2.16. The highest BCUT2D eigenvalue weighted by molar-refractivity contribution is 6.17. The van der Waals surface area contributed by atoms with Crippen LogP contribution in [-0.2, 0) is 9.59 Å². The van der Waals surface area contributed by atoms with Crippen molar-refractivity contribution in [2.24, 2.45) is 5.41 Å². The third kappa shape index (κ3) is 5.39. The third-order valence-electron chi connectivity index (χ3n) is 3.39. The molecule has 0 bridgehead atoms. The van der Waals surface area contributed by atoms with E-state index in [-0.39, 0.29) is 23.3 Å². The SMILES string of the molecule is CC(C)(C)C(=O)NC1CCN(C(=O)CCCCl)CC1.